The molecule has 0 aliphatic carbocycles. The van der Waals surface area contributed by atoms with Crippen LogP contribution in [0.25, 0.3) is 11.0 Å². The number of carbonyl (C=O) groups is 1. The minimum atomic E-state index is -0.0743. The van der Waals surface area contributed by atoms with Crippen LogP contribution in [0.3, 0.4) is 0 Å². The Kier molecular flexibility index (Phi) is 6.26. The molecule has 0 fully saturated rings. The first-order valence-corrected chi connectivity index (χ1v) is 9.28. The summed E-state index contributed by atoms with van der Waals surface area (Å²) in [5.74, 6) is 1.59. The number of benzene rings is 2. The lowest BCUT2D eigenvalue weighted by Crippen LogP contribution is -2.38. The number of hydrogen-bond donors (Lipinski definition) is 3. The molecule has 0 bridgehead atoms. The van der Waals surface area contributed by atoms with Crippen molar-refractivity contribution in [3.63, 3.8) is 0 Å². The molecule has 2 aromatic carbocycles. The Hall–Kier alpha value is -3.35. The van der Waals surface area contributed by atoms with Crippen LogP contribution < -0.4 is 16.0 Å². The zero-order valence-corrected chi connectivity index (χ0v) is 16.5. The average molecular weight is 378 g/mol. The fourth-order valence-electron chi connectivity index (χ4n) is 3.07. The van der Waals surface area contributed by atoms with Crippen LogP contribution in [0.1, 0.15) is 21.7 Å². The highest BCUT2D eigenvalue weighted by Crippen LogP contribution is 2.13. The van der Waals surface area contributed by atoms with Crippen molar-refractivity contribution in [1.29, 1.82) is 0 Å². The van der Waals surface area contributed by atoms with E-state index in [2.05, 4.69) is 36.6 Å². The van der Waals surface area contributed by atoms with Gasteiger partial charge in [0.25, 0.3) is 5.91 Å². The predicted octanol–water partition coefficient (Wildman–Crippen LogP) is 1.84. The number of guanidine groups is 1. The first kappa shape index (κ1) is 19.4. The Morgan fingerprint density at radius 1 is 1.14 bits per heavy atom. The molecular weight excluding hydrogens is 352 g/mol. The zero-order valence-electron chi connectivity index (χ0n) is 16.5. The molecule has 0 unspecified atom stereocenters. The van der Waals surface area contributed by atoms with Crippen LogP contribution >= 0.6 is 0 Å². The lowest BCUT2D eigenvalue weighted by atomic mass is 10.1. The molecule has 0 radical (unpaired) electrons. The number of hydrogen-bond acceptors (Lipinski definition) is 3. The van der Waals surface area contributed by atoms with Crippen LogP contribution in [0.15, 0.2) is 53.5 Å². The van der Waals surface area contributed by atoms with Crippen molar-refractivity contribution in [3.8, 4) is 0 Å². The summed E-state index contributed by atoms with van der Waals surface area (Å²) >= 11 is 0. The molecule has 0 aliphatic rings. The summed E-state index contributed by atoms with van der Waals surface area (Å²) in [7, 11) is 5.40. The van der Waals surface area contributed by atoms with E-state index in [0.717, 1.165) is 34.8 Å². The van der Waals surface area contributed by atoms with E-state index < -0.39 is 0 Å². The van der Waals surface area contributed by atoms with Gasteiger partial charge in [-0.15, -0.1) is 0 Å². The van der Waals surface area contributed by atoms with E-state index in [1.165, 1.54) is 0 Å². The number of amides is 1. The van der Waals surface area contributed by atoms with Crippen LogP contribution in [-0.4, -0.2) is 42.1 Å². The van der Waals surface area contributed by atoms with Gasteiger partial charge in [0, 0.05) is 33.3 Å². The number of nitrogens with one attached hydrogen (secondary N) is 3. The van der Waals surface area contributed by atoms with Crippen molar-refractivity contribution in [2.75, 3.05) is 20.6 Å². The molecule has 28 heavy (non-hydrogen) atoms. The third kappa shape index (κ3) is 4.49. The summed E-state index contributed by atoms with van der Waals surface area (Å²) in [4.78, 5) is 20.7. The summed E-state index contributed by atoms with van der Waals surface area (Å²) in [5, 5.41) is 9.26. The minimum absolute atomic E-state index is 0.0743. The normalized spacial score (nSPS) is 11.5. The van der Waals surface area contributed by atoms with E-state index in [1.54, 1.807) is 14.1 Å². The van der Waals surface area contributed by atoms with Crippen LogP contribution in [0.5, 0.6) is 0 Å². The second-order valence-corrected chi connectivity index (χ2v) is 6.46. The molecule has 0 saturated carbocycles. The number of para-hydroxylation sites is 2. The van der Waals surface area contributed by atoms with E-state index in [-0.39, 0.29) is 5.91 Å². The molecule has 3 rings (SSSR count). The molecule has 1 heterocycles. The van der Waals surface area contributed by atoms with E-state index in [9.17, 15) is 4.79 Å². The van der Waals surface area contributed by atoms with Gasteiger partial charge >= 0.3 is 0 Å². The van der Waals surface area contributed by atoms with Crippen molar-refractivity contribution >= 4 is 22.9 Å². The monoisotopic (exact) mass is 378 g/mol. The number of aliphatic imine (C=N–C) groups is 1. The first-order valence-electron chi connectivity index (χ1n) is 9.28. The molecular formula is C21H26N6O. The van der Waals surface area contributed by atoms with Gasteiger partial charge in [-0.25, -0.2) is 4.98 Å². The SMILES string of the molecule is CN=C(NCCc1cccc(C(=O)NC)c1)NCc1nc2ccccc2n1C. The Labute approximate surface area is 164 Å². The smallest absolute Gasteiger partial charge is 0.251 e. The summed E-state index contributed by atoms with van der Waals surface area (Å²) in [6, 6.07) is 15.7. The lowest BCUT2D eigenvalue weighted by Gasteiger charge is -2.12. The summed E-state index contributed by atoms with van der Waals surface area (Å²) in [6.45, 7) is 1.29. The van der Waals surface area contributed by atoms with Gasteiger partial charge in [-0.05, 0) is 36.2 Å². The van der Waals surface area contributed by atoms with Gasteiger partial charge in [-0.1, -0.05) is 24.3 Å². The quantitative estimate of drug-likeness (QED) is 0.451. The fourth-order valence-corrected chi connectivity index (χ4v) is 3.07. The lowest BCUT2D eigenvalue weighted by molar-refractivity contribution is 0.0963. The van der Waals surface area contributed by atoms with Gasteiger partial charge < -0.3 is 20.5 Å². The number of imidazole rings is 1. The summed E-state index contributed by atoms with van der Waals surface area (Å²) in [5.41, 5.74) is 3.86. The topological polar surface area (TPSA) is 83.3 Å². The molecule has 1 amide bonds. The molecule has 7 heteroatoms. The molecule has 0 atom stereocenters. The standard InChI is InChI=1S/C21H26N6O/c1-22-20(28)16-8-6-7-15(13-16)11-12-24-21(23-2)25-14-19-26-17-9-4-5-10-18(17)27(19)3/h4-10,13H,11-12,14H2,1-3H3,(H,22,28)(H2,23,24,25). The van der Waals surface area contributed by atoms with Gasteiger partial charge in [0.05, 0.1) is 17.6 Å². The second-order valence-electron chi connectivity index (χ2n) is 6.46. The van der Waals surface area contributed by atoms with Gasteiger partial charge in [-0.3, -0.25) is 9.79 Å². The van der Waals surface area contributed by atoms with Crippen LogP contribution in [0.2, 0.25) is 0 Å². The molecule has 7 nitrogen and oxygen atoms in total. The highest BCUT2D eigenvalue weighted by Gasteiger charge is 2.08. The number of nitrogens with zero attached hydrogens (tertiary/aromatic N) is 3. The highest BCUT2D eigenvalue weighted by atomic mass is 16.1. The fraction of sp³-hybridized carbons (Fsp3) is 0.286. The third-order valence-electron chi connectivity index (χ3n) is 4.64. The van der Waals surface area contributed by atoms with Gasteiger partial charge in [-0.2, -0.15) is 0 Å². The Morgan fingerprint density at radius 3 is 2.71 bits per heavy atom. The van der Waals surface area contributed by atoms with Crippen LogP contribution in [0.4, 0.5) is 0 Å². The van der Waals surface area contributed by atoms with E-state index in [1.807, 2.05) is 49.5 Å². The number of aromatic nitrogens is 2. The Balaban J connectivity index is 1.54. The van der Waals surface area contributed by atoms with E-state index in [4.69, 9.17) is 0 Å². The van der Waals surface area contributed by atoms with Crippen LogP contribution in [-0.2, 0) is 20.0 Å². The van der Waals surface area contributed by atoms with Gasteiger partial charge in [0.1, 0.15) is 5.82 Å². The molecule has 0 saturated heterocycles. The largest absolute Gasteiger partial charge is 0.356 e. The second kappa shape index (κ2) is 9.03. The van der Waals surface area contributed by atoms with Crippen molar-refractivity contribution < 1.29 is 4.79 Å². The van der Waals surface area contributed by atoms with Crippen LogP contribution in [0, 0.1) is 0 Å². The highest BCUT2D eigenvalue weighted by molar-refractivity contribution is 5.94. The zero-order chi connectivity index (χ0) is 19.9. The van der Waals surface area contributed by atoms with Crippen molar-refractivity contribution in [1.82, 2.24) is 25.5 Å². The maximum atomic E-state index is 11.7. The molecule has 3 N–H and O–H groups in total. The molecule has 1 aromatic heterocycles. The van der Waals surface area contributed by atoms with Crippen molar-refractivity contribution in [3.05, 3.63) is 65.5 Å². The van der Waals surface area contributed by atoms with Crippen molar-refractivity contribution in [2.24, 2.45) is 12.0 Å². The summed E-state index contributed by atoms with van der Waals surface area (Å²) < 4.78 is 2.08. The van der Waals surface area contributed by atoms with E-state index >= 15 is 0 Å². The number of carbonyl (C=O) groups excluding carboxylic acids is 1. The average Bonchev–Trinajstić information content (AvgIpc) is 3.06. The first-order chi connectivity index (χ1) is 13.6. The minimum Gasteiger partial charge on any atom is -0.356 e. The maximum absolute atomic E-state index is 11.7. The van der Waals surface area contributed by atoms with Crippen molar-refractivity contribution in [2.45, 2.75) is 13.0 Å². The maximum Gasteiger partial charge on any atom is 0.251 e. The molecule has 0 aliphatic heterocycles. The summed E-state index contributed by atoms with van der Waals surface area (Å²) in [6.07, 6.45) is 0.790. The third-order valence-corrected chi connectivity index (χ3v) is 4.64. The molecule has 0 spiro atoms. The number of fused-ring (bicyclic) bond motifs is 1. The van der Waals surface area contributed by atoms with Gasteiger partial charge in [0.2, 0.25) is 0 Å². The Morgan fingerprint density at radius 2 is 1.96 bits per heavy atom. The van der Waals surface area contributed by atoms with Gasteiger partial charge in [0.15, 0.2) is 5.96 Å². The Bertz CT molecular complexity index is 991. The number of aryl methyl sites for hydroxylation is 1. The van der Waals surface area contributed by atoms with E-state index in [0.29, 0.717) is 18.7 Å². The molecule has 146 valence electrons. The predicted molar refractivity (Wildman–Crippen MR) is 112 cm³/mol. The molecule has 3 aromatic rings. The number of rotatable bonds is 6.